The average Bonchev–Trinajstić information content (AvgIpc) is 2.96. The molecule has 2 aliphatic rings. The van der Waals surface area contributed by atoms with E-state index < -0.39 is 5.82 Å². The molecule has 0 spiro atoms. The van der Waals surface area contributed by atoms with Gasteiger partial charge in [-0.2, -0.15) is 0 Å². The third kappa shape index (κ3) is 6.01. The van der Waals surface area contributed by atoms with E-state index in [-0.39, 0.29) is 11.5 Å². The van der Waals surface area contributed by atoms with Crippen LogP contribution in [0.15, 0.2) is 18.2 Å². The second-order valence-corrected chi connectivity index (χ2v) is 8.04. The van der Waals surface area contributed by atoms with E-state index in [4.69, 9.17) is 4.74 Å². The fourth-order valence-corrected chi connectivity index (χ4v) is 4.29. The molecule has 2 fully saturated rings. The van der Waals surface area contributed by atoms with E-state index in [0.717, 1.165) is 31.8 Å². The molecule has 4 nitrogen and oxygen atoms in total. The van der Waals surface area contributed by atoms with Crippen molar-refractivity contribution in [2.24, 2.45) is 5.92 Å². The normalized spacial score (nSPS) is 20.4. The molecule has 5 heteroatoms. The predicted octanol–water partition coefficient (Wildman–Crippen LogP) is 4.00. The summed E-state index contributed by atoms with van der Waals surface area (Å²) in [7, 11) is 1.43. The van der Waals surface area contributed by atoms with Gasteiger partial charge in [-0.3, -0.25) is 9.69 Å². The summed E-state index contributed by atoms with van der Waals surface area (Å²) in [4.78, 5) is 17.3. The minimum absolute atomic E-state index is 0.0143. The lowest BCUT2D eigenvalue weighted by molar-refractivity contribution is 0.0888. The van der Waals surface area contributed by atoms with Gasteiger partial charge in [-0.15, -0.1) is 0 Å². The lowest BCUT2D eigenvalue weighted by atomic mass is 9.93. The number of hydrogen-bond donors (Lipinski definition) is 0. The second kappa shape index (κ2) is 10.2. The smallest absolute Gasteiger partial charge is 0.176 e. The van der Waals surface area contributed by atoms with Crippen molar-refractivity contribution in [3.05, 3.63) is 29.6 Å². The molecule has 0 amide bonds. The van der Waals surface area contributed by atoms with Crippen molar-refractivity contribution >= 4 is 5.78 Å². The number of hydrogen-bond acceptors (Lipinski definition) is 4. The van der Waals surface area contributed by atoms with Gasteiger partial charge >= 0.3 is 0 Å². The molecule has 2 aliphatic heterocycles. The Labute approximate surface area is 162 Å². The SMILES string of the molecule is COc1ccc(C(=O)CN2CCC(CCN3CCCCCC3)CC2)cc1F. The van der Waals surface area contributed by atoms with Gasteiger partial charge in [0.25, 0.3) is 0 Å². The molecule has 0 saturated carbocycles. The maximum Gasteiger partial charge on any atom is 0.176 e. The van der Waals surface area contributed by atoms with Gasteiger partial charge in [0.1, 0.15) is 0 Å². The van der Waals surface area contributed by atoms with Crippen LogP contribution in [0, 0.1) is 11.7 Å². The van der Waals surface area contributed by atoms with Crippen molar-refractivity contribution in [1.82, 2.24) is 9.80 Å². The van der Waals surface area contributed by atoms with Crippen LogP contribution in [-0.2, 0) is 0 Å². The molecule has 0 aromatic heterocycles. The van der Waals surface area contributed by atoms with Crippen LogP contribution in [0.3, 0.4) is 0 Å². The van der Waals surface area contributed by atoms with Crippen LogP contribution < -0.4 is 4.74 Å². The number of ketones is 1. The number of carbonyl (C=O) groups excluding carboxylic acids is 1. The zero-order chi connectivity index (χ0) is 19.1. The van der Waals surface area contributed by atoms with Gasteiger partial charge in [-0.05, 0) is 88.9 Å². The average molecular weight is 377 g/mol. The lowest BCUT2D eigenvalue weighted by Crippen LogP contribution is -2.38. The molecule has 0 bridgehead atoms. The summed E-state index contributed by atoms with van der Waals surface area (Å²) in [5.41, 5.74) is 0.427. The van der Waals surface area contributed by atoms with E-state index in [9.17, 15) is 9.18 Å². The van der Waals surface area contributed by atoms with Gasteiger partial charge in [-0.25, -0.2) is 4.39 Å². The molecule has 0 radical (unpaired) electrons. The Bertz CT molecular complexity index is 606. The molecule has 0 unspecified atom stereocenters. The molecule has 2 saturated heterocycles. The number of Topliss-reactive ketones (excluding diaryl/α,β-unsaturated/α-hetero) is 1. The summed E-state index contributed by atoms with van der Waals surface area (Å²) in [6, 6.07) is 4.46. The van der Waals surface area contributed by atoms with E-state index >= 15 is 0 Å². The minimum atomic E-state index is -0.476. The molecular formula is C22H33FN2O2. The first kappa shape index (κ1) is 20.3. The van der Waals surface area contributed by atoms with Crippen LogP contribution in [0.4, 0.5) is 4.39 Å². The number of halogens is 1. The van der Waals surface area contributed by atoms with E-state index in [2.05, 4.69) is 9.80 Å². The molecule has 0 aliphatic carbocycles. The standard InChI is InChI=1S/C22H33FN2O2/c1-27-22-7-6-19(16-20(22)23)21(26)17-25-14-9-18(10-15-25)8-13-24-11-4-2-3-5-12-24/h6-7,16,18H,2-5,8-15,17H2,1H3. The van der Waals surface area contributed by atoms with E-state index in [0.29, 0.717) is 12.1 Å². The second-order valence-electron chi connectivity index (χ2n) is 8.04. The van der Waals surface area contributed by atoms with Crippen LogP contribution in [0.25, 0.3) is 0 Å². The van der Waals surface area contributed by atoms with Crippen LogP contribution in [0.1, 0.15) is 55.3 Å². The topological polar surface area (TPSA) is 32.8 Å². The summed E-state index contributed by atoms with van der Waals surface area (Å²) >= 11 is 0. The Morgan fingerprint density at radius 2 is 1.78 bits per heavy atom. The third-order valence-corrected chi connectivity index (χ3v) is 6.10. The highest BCUT2D eigenvalue weighted by molar-refractivity contribution is 5.97. The van der Waals surface area contributed by atoms with Crippen molar-refractivity contribution in [2.45, 2.75) is 44.9 Å². The van der Waals surface area contributed by atoms with Gasteiger partial charge in [0, 0.05) is 5.56 Å². The monoisotopic (exact) mass is 376 g/mol. The molecular weight excluding hydrogens is 343 g/mol. The number of ether oxygens (including phenoxy) is 1. The van der Waals surface area contributed by atoms with Gasteiger partial charge < -0.3 is 9.64 Å². The maximum atomic E-state index is 13.8. The largest absolute Gasteiger partial charge is 0.494 e. The number of nitrogens with zero attached hydrogens (tertiary/aromatic N) is 2. The summed E-state index contributed by atoms with van der Waals surface area (Å²) < 4.78 is 18.7. The minimum Gasteiger partial charge on any atom is -0.494 e. The maximum absolute atomic E-state index is 13.8. The Balaban J connectivity index is 1.40. The van der Waals surface area contributed by atoms with E-state index in [1.165, 1.54) is 71.0 Å². The number of rotatable bonds is 7. The Kier molecular flexibility index (Phi) is 7.65. The van der Waals surface area contributed by atoms with E-state index in [1.807, 2.05) is 0 Å². The first-order valence-corrected chi connectivity index (χ1v) is 10.5. The van der Waals surface area contributed by atoms with Crippen molar-refractivity contribution in [2.75, 3.05) is 46.4 Å². The molecule has 0 atom stereocenters. The Morgan fingerprint density at radius 1 is 1.07 bits per heavy atom. The molecule has 2 heterocycles. The number of likely N-dealkylation sites (tertiary alicyclic amines) is 2. The molecule has 150 valence electrons. The van der Waals surface area contributed by atoms with Crippen molar-refractivity contribution in [3.8, 4) is 5.75 Å². The third-order valence-electron chi connectivity index (χ3n) is 6.10. The van der Waals surface area contributed by atoms with E-state index in [1.54, 1.807) is 6.07 Å². The van der Waals surface area contributed by atoms with Gasteiger partial charge in [0.05, 0.1) is 13.7 Å². The first-order valence-electron chi connectivity index (χ1n) is 10.5. The Morgan fingerprint density at radius 3 is 2.41 bits per heavy atom. The van der Waals surface area contributed by atoms with Gasteiger partial charge in [-0.1, -0.05) is 12.8 Å². The number of carbonyl (C=O) groups is 1. The van der Waals surface area contributed by atoms with Crippen molar-refractivity contribution in [3.63, 3.8) is 0 Å². The van der Waals surface area contributed by atoms with Crippen molar-refractivity contribution in [1.29, 1.82) is 0 Å². The molecule has 1 aromatic carbocycles. The molecule has 1 aromatic rings. The first-order chi connectivity index (χ1) is 13.2. The van der Waals surface area contributed by atoms with Gasteiger partial charge in [0.2, 0.25) is 0 Å². The summed E-state index contributed by atoms with van der Waals surface area (Å²) in [6.07, 6.45) is 9.10. The van der Waals surface area contributed by atoms with Crippen LogP contribution in [0.5, 0.6) is 5.75 Å². The van der Waals surface area contributed by atoms with Crippen LogP contribution in [0.2, 0.25) is 0 Å². The van der Waals surface area contributed by atoms with Crippen LogP contribution >= 0.6 is 0 Å². The summed E-state index contributed by atoms with van der Waals surface area (Å²) in [5.74, 6) is 0.463. The van der Waals surface area contributed by atoms with Crippen LogP contribution in [-0.4, -0.2) is 62.0 Å². The predicted molar refractivity (Wildman–Crippen MR) is 106 cm³/mol. The quantitative estimate of drug-likeness (QED) is 0.674. The fraction of sp³-hybridized carbons (Fsp3) is 0.682. The zero-order valence-corrected chi connectivity index (χ0v) is 16.6. The number of piperidine rings is 1. The van der Waals surface area contributed by atoms with Crippen molar-refractivity contribution < 1.29 is 13.9 Å². The summed E-state index contributed by atoms with van der Waals surface area (Å²) in [5, 5.41) is 0. The Hall–Kier alpha value is -1.46. The zero-order valence-electron chi connectivity index (χ0n) is 16.6. The summed E-state index contributed by atoms with van der Waals surface area (Å²) in [6.45, 7) is 6.08. The molecule has 3 rings (SSSR count). The molecule has 27 heavy (non-hydrogen) atoms. The van der Waals surface area contributed by atoms with Gasteiger partial charge in [0.15, 0.2) is 17.3 Å². The highest BCUT2D eigenvalue weighted by Crippen LogP contribution is 2.23. The fourth-order valence-electron chi connectivity index (χ4n) is 4.29. The lowest BCUT2D eigenvalue weighted by Gasteiger charge is -2.32. The number of benzene rings is 1. The number of methoxy groups -OCH3 is 1. The highest BCUT2D eigenvalue weighted by atomic mass is 19.1. The highest BCUT2D eigenvalue weighted by Gasteiger charge is 2.22. The molecule has 0 N–H and O–H groups in total.